The Morgan fingerprint density at radius 3 is 2.00 bits per heavy atom. The number of hydrogen-bond acceptors (Lipinski definition) is 5. The molecule has 0 aromatic heterocycles. The lowest BCUT2D eigenvalue weighted by molar-refractivity contribution is -0.135. The first kappa shape index (κ1) is 31.9. The van der Waals surface area contributed by atoms with Gasteiger partial charge < -0.3 is 9.64 Å². The lowest BCUT2D eigenvalue weighted by Gasteiger charge is -2.26. The van der Waals surface area contributed by atoms with Crippen LogP contribution in [0.2, 0.25) is 0 Å². The Morgan fingerprint density at radius 1 is 0.854 bits per heavy atom. The molecule has 5 rings (SSSR count). The van der Waals surface area contributed by atoms with Crippen LogP contribution in [0.4, 0.5) is 13.2 Å². The summed E-state index contributed by atoms with van der Waals surface area (Å²) in [7, 11) is -2.20. The highest BCUT2D eigenvalue weighted by Gasteiger charge is 2.38. The molecule has 3 aromatic rings. The molecule has 0 radical (unpaired) electrons. The summed E-state index contributed by atoms with van der Waals surface area (Å²) >= 11 is 0. The Balaban J connectivity index is 0.000000218. The fraction of sp³-hybridized carbons (Fsp3) is 0.355. The summed E-state index contributed by atoms with van der Waals surface area (Å²) in [5, 5.41) is -0.583. The number of carbonyl (C=O) groups excluding carboxylic acids is 2. The number of hydrogen-bond donors (Lipinski definition) is 0. The van der Waals surface area contributed by atoms with E-state index >= 15 is 0 Å². The van der Waals surface area contributed by atoms with Crippen molar-refractivity contribution in [3.8, 4) is 11.1 Å². The molecule has 41 heavy (non-hydrogen) atoms. The van der Waals surface area contributed by atoms with Crippen molar-refractivity contribution in [2.45, 2.75) is 48.7 Å². The number of amides is 1. The minimum atomic E-state index is -3.51. The van der Waals surface area contributed by atoms with Crippen LogP contribution in [0.1, 0.15) is 38.5 Å². The molecule has 6 nitrogen and oxygen atoms in total. The van der Waals surface area contributed by atoms with Gasteiger partial charge in [-0.15, -0.1) is 0 Å². The van der Waals surface area contributed by atoms with Crippen LogP contribution >= 0.6 is 0 Å². The molecule has 10 heteroatoms. The zero-order chi connectivity index (χ0) is 29.8. The summed E-state index contributed by atoms with van der Waals surface area (Å²) in [6.45, 7) is 1.13. The Bertz CT molecular complexity index is 1360. The summed E-state index contributed by atoms with van der Waals surface area (Å²) in [4.78, 5) is 23.3. The zero-order valence-corrected chi connectivity index (χ0v) is 23.7. The Morgan fingerprint density at radius 2 is 1.44 bits per heavy atom. The average molecular weight is 590 g/mol. The smallest absolute Gasteiger partial charge is 0.292 e. The lowest BCUT2D eigenvalue weighted by Crippen LogP contribution is -2.37. The van der Waals surface area contributed by atoms with Crippen molar-refractivity contribution >= 4 is 22.2 Å². The van der Waals surface area contributed by atoms with E-state index in [1.54, 1.807) is 29.2 Å². The third kappa shape index (κ3) is 8.66. The van der Waals surface area contributed by atoms with Gasteiger partial charge in [0.15, 0.2) is 9.84 Å². The van der Waals surface area contributed by atoms with Gasteiger partial charge in [0.05, 0.1) is 22.8 Å². The van der Waals surface area contributed by atoms with Crippen molar-refractivity contribution in [2.24, 2.45) is 5.92 Å². The minimum Gasteiger partial charge on any atom is -0.471 e. The maximum absolute atomic E-state index is 13.3. The monoisotopic (exact) mass is 589 g/mol. The minimum absolute atomic E-state index is 0.0353. The van der Waals surface area contributed by atoms with Crippen molar-refractivity contribution in [1.82, 2.24) is 4.90 Å². The first-order valence-corrected chi connectivity index (χ1v) is 15.0. The summed E-state index contributed by atoms with van der Waals surface area (Å²) in [6, 6.07) is 17.5. The van der Waals surface area contributed by atoms with Crippen molar-refractivity contribution in [2.75, 3.05) is 20.2 Å². The number of methoxy groups -OCH3 is 1. The van der Waals surface area contributed by atoms with Gasteiger partial charge in [0.1, 0.15) is 17.5 Å². The molecule has 0 bridgehead atoms. The Hall–Kier alpha value is -3.66. The number of likely N-dealkylation sites (tertiary alicyclic amines) is 1. The normalized spacial score (nSPS) is 17.0. The topological polar surface area (TPSA) is 80.8 Å². The number of carbonyl (C=O) groups is 2. The summed E-state index contributed by atoms with van der Waals surface area (Å²) in [5.41, 5.74) is 0.594. The van der Waals surface area contributed by atoms with Gasteiger partial charge in [-0.2, -0.15) is 0 Å². The second-order valence-electron chi connectivity index (χ2n) is 9.82. The van der Waals surface area contributed by atoms with Crippen LogP contribution in [0, 0.1) is 23.4 Å². The first-order valence-electron chi connectivity index (χ1n) is 13.4. The van der Waals surface area contributed by atoms with E-state index in [1.165, 1.54) is 43.9 Å². The van der Waals surface area contributed by atoms with E-state index in [9.17, 15) is 26.4 Å². The van der Waals surface area contributed by atoms with E-state index < -0.39 is 32.5 Å². The Kier molecular flexibility index (Phi) is 11.9. The molecule has 1 amide bonds. The highest BCUT2D eigenvalue weighted by atomic mass is 32.2. The second-order valence-corrected chi connectivity index (χ2v) is 12.1. The molecule has 1 saturated heterocycles. The predicted molar refractivity (Wildman–Crippen MR) is 150 cm³/mol. The van der Waals surface area contributed by atoms with Gasteiger partial charge in [-0.05, 0) is 61.2 Å². The summed E-state index contributed by atoms with van der Waals surface area (Å²) in [5.74, 6) is -1.34. The summed E-state index contributed by atoms with van der Waals surface area (Å²) < 4.78 is 68.7. The zero-order valence-electron chi connectivity index (χ0n) is 22.8. The van der Waals surface area contributed by atoms with Gasteiger partial charge >= 0.3 is 0 Å². The number of sulfone groups is 1. The fourth-order valence-corrected chi connectivity index (χ4v) is 6.68. The number of nitrogens with zero attached hydrogens (tertiary/aromatic N) is 1. The molecule has 1 unspecified atom stereocenters. The first-order chi connectivity index (χ1) is 19.7. The average Bonchev–Trinajstić information content (AvgIpc) is 3.50. The van der Waals surface area contributed by atoms with Gasteiger partial charge in [0.2, 0.25) is 5.91 Å². The van der Waals surface area contributed by atoms with Gasteiger partial charge in [-0.25, -0.2) is 21.6 Å². The van der Waals surface area contributed by atoms with Gasteiger partial charge in [0, 0.05) is 19.0 Å². The molecule has 3 aromatic carbocycles. The van der Waals surface area contributed by atoms with Gasteiger partial charge in [0.25, 0.3) is 6.47 Å². The van der Waals surface area contributed by atoms with E-state index in [-0.39, 0.29) is 28.8 Å². The van der Waals surface area contributed by atoms with E-state index in [1.807, 2.05) is 6.07 Å². The molecule has 1 atom stereocenters. The highest BCUT2D eigenvalue weighted by Crippen LogP contribution is 2.30. The van der Waals surface area contributed by atoms with E-state index in [4.69, 9.17) is 4.79 Å². The summed E-state index contributed by atoms with van der Waals surface area (Å²) in [6.07, 6.45) is 5.65. The van der Waals surface area contributed by atoms with Crippen LogP contribution in [-0.2, 0) is 24.2 Å². The number of rotatable bonds is 5. The second kappa shape index (κ2) is 15.4. The number of ether oxygens (including phenoxy) is 1. The van der Waals surface area contributed by atoms with E-state index in [0.29, 0.717) is 25.0 Å². The van der Waals surface area contributed by atoms with Gasteiger partial charge in [-0.1, -0.05) is 55.7 Å². The Labute approximate surface area is 239 Å². The van der Waals surface area contributed by atoms with Crippen LogP contribution in [0.3, 0.4) is 0 Å². The quantitative estimate of drug-likeness (QED) is 0.262. The molecule has 1 aliphatic carbocycles. The van der Waals surface area contributed by atoms with Crippen molar-refractivity contribution in [1.29, 1.82) is 0 Å². The van der Waals surface area contributed by atoms with E-state index in [2.05, 4.69) is 4.74 Å². The molecule has 0 spiro atoms. The van der Waals surface area contributed by atoms with Gasteiger partial charge in [-0.3, -0.25) is 9.59 Å². The number of benzene rings is 3. The van der Waals surface area contributed by atoms with Crippen LogP contribution in [-0.4, -0.2) is 51.1 Å². The lowest BCUT2D eigenvalue weighted by atomic mass is 9.88. The number of halogens is 3. The molecule has 1 aliphatic heterocycles. The van der Waals surface area contributed by atoms with Crippen LogP contribution < -0.4 is 0 Å². The third-order valence-corrected chi connectivity index (χ3v) is 9.31. The van der Waals surface area contributed by atoms with Crippen LogP contribution in [0.25, 0.3) is 11.1 Å². The standard InChI is InChI=1S/C17H22FNO3S.C12H8F2.C2H4O2/c18-14-6-8-15(9-7-14)23(21,22)16-10-11-19(12-16)17(20)13-4-2-1-3-5-13;13-10-7-4-8-11(14)12(10)9-5-2-1-3-6-9;1-4-2-3/h6-9,13,16H,1-5,10-12H2;1-8H;2H,1H3. The van der Waals surface area contributed by atoms with Crippen molar-refractivity contribution in [3.05, 3.63) is 90.2 Å². The van der Waals surface area contributed by atoms with Crippen molar-refractivity contribution in [3.63, 3.8) is 0 Å². The molecule has 1 heterocycles. The van der Waals surface area contributed by atoms with Crippen LogP contribution in [0.5, 0.6) is 0 Å². The van der Waals surface area contributed by atoms with E-state index in [0.717, 1.165) is 37.8 Å². The molecule has 1 saturated carbocycles. The molecular formula is C31H34F3NO5S. The fourth-order valence-electron chi connectivity index (χ4n) is 4.98. The largest absolute Gasteiger partial charge is 0.471 e. The SMILES string of the molecule is COC=O.Fc1cccc(F)c1-c1ccccc1.O=C(C1CCCCC1)N1CCC(S(=O)(=O)c2ccc(F)cc2)C1. The van der Waals surface area contributed by atoms with Crippen LogP contribution in [0.15, 0.2) is 77.7 Å². The molecular weight excluding hydrogens is 555 g/mol. The molecule has 0 N–H and O–H groups in total. The predicted octanol–water partition coefficient (Wildman–Crippen LogP) is 6.20. The maximum atomic E-state index is 13.3. The maximum Gasteiger partial charge on any atom is 0.292 e. The third-order valence-electron chi connectivity index (χ3n) is 7.11. The molecule has 220 valence electrons. The van der Waals surface area contributed by atoms with Crippen molar-refractivity contribution < 1.29 is 35.9 Å². The molecule has 2 aliphatic rings. The molecule has 2 fully saturated rings. The highest BCUT2D eigenvalue weighted by molar-refractivity contribution is 7.92.